The zero-order valence-electron chi connectivity index (χ0n) is 12.6. The minimum atomic E-state index is -3.56. The molecule has 22 heavy (non-hydrogen) atoms. The van der Waals surface area contributed by atoms with Crippen LogP contribution in [0.5, 0.6) is 0 Å². The quantitative estimate of drug-likeness (QED) is 0.821. The van der Waals surface area contributed by atoms with Crippen molar-refractivity contribution in [1.82, 2.24) is 4.72 Å². The van der Waals surface area contributed by atoms with E-state index in [1.54, 1.807) is 6.92 Å². The lowest BCUT2D eigenvalue weighted by Crippen LogP contribution is -2.41. The van der Waals surface area contributed by atoms with Crippen LogP contribution in [-0.2, 0) is 23.0 Å². The van der Waals surface area contributed by atoms with Crippen LogP contribution in [0.15, 0.2) is 60.7 Å². The molecule has 2 N–H and O–H groups in total. The highest BCUT2D eigenvalue weighted by atomic mass is 32.2. The Morgan fingerprint density at radius 1 is 0.955 bits per heavy atom. The van der Waals surface area contributed by atoms with E-state index >= 15 is 0 Å². The van der Waals surface area contributed by atoms with E-state index < -0.39 is 15.6 Å². The first-order valence-corrected chi connectivity index (χ1v) is 8.79. The molecule has 0 saturated carbocycles. The number of hydrogen-bond acceptors (Lipinski definition) is 3. The maximum atomic E-state index is 12.1. The van der Waals surface area contributed by atoms with E-state index in [-0.39, 0.29) is 12.3 Å². The molecule has 1 atom stereocenters. The molecule has 5 heteroatoms. The van der Waals surface area contributed by atoms with Gasteiger partial charge in [-0.25, -0.2) is 13.1 Å². The van der Waals surface area contributed by atoms with Crippen LogP contribution in [0.25, 0.3) is 0 Å². The Labute approximate surface area is 131 Å². The molecule has 0 aliphatic heterocycles. The summed E-state index contributed by atoms with van der Waals surface area (Å²) in [6.07, 6.45) is 0.292. The van der Waals surface area contributed by atoms with Gasteiger partial charge in [-0.15, -0.1) is 0 Å². The molecule has 4 nitrogen and oxygen atoms in total. The van der Waals surface area contributed by atoms with E-state index in [1.165, 1.54) is 0 Å². The van der Waals surface area contributed by atoms with Crippen LogP contribution in [0.3, 0.4) is 0 Å². The average molecular weight is 319 g/mol. The minimum Gasteiger partial charge on any atom is -0.389 e. The molecule has 2 aromatic rings. The van der Waals surface area contributed by atoms with Crippen LogP contribution < -0.4 is 4.72 Å². The molecular weight excluding hydrogens is 298 g/mol. The van der Waals surface area contributed by atoms with Gasteiger partial charge in [-0.3, -0.25) is 0 Å². The van der Waals surface area contributed by atoms with Gasteiger partial charge >= 0.3 is 0 Å². The monoisotopic (exact) mass is 319 g/mol. The molecule has 0 radical (unpaired) electrons. The molecule has 0 spiro atoms. The second kappa shape index (κ2) is 7.05. The molecule has 0 heterocycles. The molecule has 118 valence electrons. The third-order valence-corrected chi connectivity index (χ3v) is 4.85. The molecule has 0 aromatic heterocycles. The first kappa shape index (κ1) is 16.7. The second-order valence-electron chi connectivity index (χ2n) is 5.73. The van der Waals surface area contributed by atoms with E-state index in [0.29, 0.717) is 6.42 Å². The van der Waals surface area contributed by atoms with E-state index in [4.69, 9.17) is 0 Å². The van der Waals surface area contributed by atoms with Gasteiger partial charge in [0, 0.05) is 13.0 Å². The average Bonchev–Trinajstić information content (AvgIpc) is 2.46. The van der Waals surface area contributed by atoms with Gasteiger partial charge in [0.15, 0.2) is 0 Å². The Morgan fingerprint density at radius 3 is 2.00 bits per heavy atom. The van der Waals surface area contributed by atoms with Crippen LogP contribution in [0.1, 0.15) is 18.1 Å². The Kier molecular flexibility index (Phi) is 5.34. The molecule has 1 unspecified atom stereocenters. The maximum absolute atomic E-state index is 12.1. The van der Waals surface area contributed by atoms with Crippen LogP contribution in [-0.4, -0.2) is 24.9 Å². The SMILES string of the molecule is CC(O)(Cc1ccccc1)CS(=O)(=O)NCc1ccccc1. The number of hydrogen-bond donors (Lipinski definition) is 2. The second-order valence-corrected chi connectivity index (χ2v) is 7.53. The summed E-state index contributed by atoms with van der Waals surface area (Å²) in [4.78, 5) is 0. The van der Waals surface area contributed by atoms with Crippen molar-refractivity contribution < 1.29 is 13.5 Å². The lowest BCUT2D eigenvalue weighted by atomic mass is 9.99. The third kappa shape index (κ3) is 5.60. The number of sulfonamides is 1. The first-order valence-electron chi connectivity index (χ1n) is 7.14. The zero-order valence-corrected chi connectivity index (χ0v) is 13.4. The predicted octanol–water partition coefficient (Wildman–Crippen LogP) is 2.10. The summed E-state index contributed by atoms with van der Waals surface area (Å²) < 4.78 is 26.8. The summed E-state index contributed by atoms with van der Waals surface area (Å²) in [7, 11) is -3.56. The Morgan fingerprint density at radius 2 is 1.45 bits per heavy atom. The standard InChI is InChI=1S/C17H21NO3S/c1-17(19,12-15-8-4-2-5-9-15)14-22(20,21)18-13-16-10-6-3-7-11-16/h2-11,18-19H,12-14H2,1H3. The van der Waals surface area contributed by atoms with Crippen molar-refractivity contribution in [3.63, 3.8) is 0 Å². The fraction of sp³-hybridized carbons (Fsp3) is 0.294. The number of aliphatic hydroxyl groups is 1. The van der Waals surface area contributed by atoms with Crippen LogP contribution in [0, 0.1) is 0 Å². The van der Waals surface area contributed by atoms with E-state index in [1.807, 2.05) is 60.7 Å². The third-order valence-electron chi connectivity index (χ3n) is 3.27. The lowest BCUT2D eigenvalue weighted by Gasteiger charge is -2.23. The maximum Gasteiger partial charge on any atom is 0.214 e. The normalized spacial score (nSPS) is 14.5. The smallest absolute Gasteiger partial charge is 0.214 e. The summed E-state index contributed by atoms with van der Waals surface area (Å²) in [5, 5.41) is 10.4. The minimum absolute atomic E-state index is 0.227. The fourth-order valence-corrected chi connectivity index (χ4v) is 3.75. The van der Waals surface area contributed by atoms with Crippen molar-refractivity contribution in [1.29, 1.82) is 0 Å². The Hall–Kier alpha value is -1.69. The molecule has 2 rings (SSSR count). The fourth-order valence-electron chi connectivity index (χ4n) is 2.34. The molecule has 0 fully saturated rings. The van der Waals surface area contributed by atoms with Gasteiger partial charge in [0.05, 0.1) is 11.4 Å². The van der Waals surface area contributed by atoms with Crippen LogP contribution in [0.2, 0.25) is 0 Å². The molecule has 0 amide bonds. The summed E-state index contributed by atoms with van der Waals surface area (Å²) in [5.74, 6) is -0.332. The van der Waals surface area contributed by atoms with Crippen molar-refractivity contribution in [2.75, 3.05) is 5.75 Å². The zero-order chi connectivity index (χ0) is 16.1. The molecule has 0 saturated heterocycles. The van der Waals surface area contributed by atoms with Gasteiger partial charge in [0.2, 0.25) is 10.0 Å². The highest BCUT2D eigenvalue weighted by Crippen LogP contribution is 2.15. The highest BCUT2D eigenvalue weighted by Gasteiger charge is 2.28. The molecular formula is C17H21NO3S. The Balaban J connectivity index is 1.95. The van der Waals surface area contributed by atoms with Gasteiger partial charge in [0.1, 0.15) is 0 Å². The predicted molar refractivity (Wildman–Crippen MR) is 87.8 cm³/mol. The number of rotatable bonds is 7. The molecule has 0 bridgehead atoms. The summed E-state index contributed by atoms with van der Waals surface area (Å²) in [5.41, 5.74) is 0.476. The van der Waals surface area contributed by atoms with Gasteiger partial charge < -0.3 is 5.11 Å². The largest absolute Gasteiger partial charge is 0.389 e. The number of benzene rings is 2. The lowest BCUT2D eigenvalue weighted by molar-refractivity contribution is 0.0839. The van der Waals surface area contributed by atoms with E-state index in [2.05, 4.69) is 4.72 Å². The topological polar surface area (TPSA) is 66.4 Å². The van der Waals surface area contributed by atoms with Crippen LogP contribution in [0.4, 0.5) is 0 Å². The van der Waals surface area contributed by atoms with Crippen molar-refractivity contribution in [2.24, 2.45) is 0 Å². The van der Waals surface area contributed by atoms with Gasteiger partial charge in [-0.2, -0.15) is 0 Å². The number of nitrogens with one attached hydrogen (secondary N) is 1. The van der Waals surface area contributed by atoms with Gasteiger partial charge in [0.25, 0.3) is 0 Å². The molecule has 0 aliphatic rings. The summed E-state index contributed by atoms with van der Waals surface area (Å²) in [6, 6.07) is 18.7. The Bertz CT molecular complexity index is 682. The van der Waals surface area contributed by atoms with Crippen molar-refractivity contribution in [3.05, 3.63) is 71.8 Å². The van der Waals surface area contributed by atoms with Gasteiger partial charge in [-0.05, 0) is 18.1 Å². The van der Waals surface area contributed by atoms with Crippen molar-refractivity contribution in [3.8, 4) is 0 Å². The molecule has 0 aliphatic carbocycles. The van der Waals surface area contributed by atoms with Crippen LogP contribution >= 0.6 is 0 Å². The van der Waals surface area contributed by atoms with E-state index in [0.717, 1.165) is 11.1 Å². The van der Waals surface area contributed by atoms with E-state index in [9.17, 15) is 13.5 Å². The highest BCUT2D eigenvalue weighted by molar-refractivity contribution is 7.89. The van der Waals surface area contributed by atoms with Gasteiger partial charge in [-0.1, -0.05) is 60.7 Å². The first-order chi connectivity index (χ1) is 10.4. The summed E-state index contributed by atoms with van der Waals surface area (Å²) >= 11 is 0. The summed E-state index contributed by atoms with van der Waals surface area (Å²) in [6.45, 7) is 1.77. The van der Waals surface area contributed by atoms with Crippen molar-refractivity contribution >= 4 is 10.0 Å². The van der Waals surface area contributed by atoms with Crippen molar-refractivity contribution in [2.45, 2.75) is 25.5 Å². The molecule has 2 aromatic carbocycles.